The van der Waals surface area contributed by atoms with Gasteiger partial charge < -0.3 is 15.6 Å². The first-order valence-electron chi connectivity index (χ1n) is 5.05. The molecule has 1 aromatic carbocycles. The van der Waals surface area contributed by atoms with Crippen LogP contribution in [-0.2, 0) is 15.1 Å². The fraction of sp³-hybridized carbons (Fsp3) is 0.333. The van der Waals surface area contributed by atoms with E-state index in [1.807, 2.05) is 0 Å². The lowest BCUT2D eigenvalue weighted by Gasteiger charge is -2.30. The summed E-state index contributed by atoms with van der Waals surface area (Å²) in [5.74, 6) is -1.57. The fourth-order valence-corrected chi connectivity index (χ4v) is 1.66. The number of rotatable bonds is 5. The van der Waals surface area contributed by atoms with Gasteiger partial charge in [0.1, 0.15) is 11.8 Å². The Morgan fingerprint density at radius 2 is 2.06 bits per heavy atom. The summed E-state index contributed by atoms with van der Waals surface area (Å²) in [4.78, 5) is 21.8. The molecule has 16 heavy (non-hydrogen) atoms. The molecule has 0 amide bonds. The maximum absolute atomic E-state index is 11.3. The van der Waals surface area contributed by atoms with Gasteiger partial charge in [-0.15, -0.1) is 0 Å². The molecule has 4 nitrogen and oxygen atoms in total. The number of hydrogen-bond donors (Lipinski definition) is 2. The van der Waals surface area contributed by atoms with Crippen LogP contribution < -0.4 is 5.73 Å². The third-order valence-corrected chi connectivity index (χ3v) is 2.83. The lowest BCUT2D eigenvalue weighted by atomic mass is 9.78. The number of nitrogens with two attached hydrogens (primary N) is 1. The van der Waals surface area contributed by atoms with Crippen LogP contribution in [0, 0.1) is 5.92 Å². The second kappa shape index (κ2) is 4.90. The summed E-state index contributed by atoms with van der Waals surface area (Å²) in [6.07, 6.45) is 0.815. The molecule has 0 heterocycles. The fourth-order valence-electron chi connectivity index (χ4n) is 1.66. The van der Waals surface area contributed by atoms with Crippen molar-refractivity contribution >= 4 is 12.3 Å². The topological polar surface area (TPSA) is 80.4 Å². The molecule has 0 spiro atoms. The molecule has 0 fully saturated rings. The van der Waals surface area contributed by atoms with Crippen molar-refractivity contribution in [3.63, 3.8) is 0 Å². The quantitative estimate of drug-likeness (QED) is 0.731. The lowest BCUT2D eigenvalue weighted by Crippen LogP contribution is -2.50. The average molecular weight is 221 g/mol. The molecule has 0 aliphatic rings. The number of aliphatic carboxylic acids is 1. The van der Waals surface area contributed by atoms with Crippen LogP contribution in [0.3, 0.4) is 0 Å². The number of aldehydes is 1. The maximum atomic E-state index is 11.3. The van der Waals surface area contributed by atoms with Crippen LogP contribution in [0.4, 0.5) is 0 Å². The van der Waals surface area contributed by atoms with Crippen molar-refractivity contribution in [1.29, 1.82) is 0 Å². The Morgan fingerprint density at radius 1 is 1.50 bits per heavy atom. The van der Waals surface area contributed by atoms with Gasteiger partial charge in [0.15, 0.2) is 0 Å². The second-order valence-electron chi connectivity index (χ2n) is 3.84. The number of carbonyl (C=O) groups excluding carboxylic acids is 1. The van der Waals surface area contributed by atoms with Crippen molar-refractivity contribution in [2.24, 2.45) is 11.7 Å². The summed E-state index contributed by atoms with van der Waals surface area (Å²) in [6.45, 7) is 1.66. The van der Waals surface area contributed by atoms with E-state index in [-0.39, 0.29) is 6.42 Å². The molecule has 2 atom stereocenters. The highest BCUT2D eigenvalue weighted by atomic mass is 16.4. The van der Waals surface area contributed by atoms with Crippen LogP contribution in [0.25, 0.3) is 0 Å². The Bertz CT molecular complexity index is 377. The molecule has 1 rings (SSSR count). The van der Waals surface area contributed by atoms with Crippen molar-refractivity contribution < 1.29 is 14.7 Å². The van der Waals surface area contributed by atoms with Crippen molar-refractivity contribution in [3.05, 3.63) is 35.9 Å². The molecular formula is C12H15NO3. The van der Waals surface area contributed by atoms with Crippen LogP contribution >= 0.6 is 0 Å². The highest BCUT2D eigenvalue weighted by Crippen LogP contribution is 2.29. The first-order valence-corrected chi connectivity index (χ1v) is 5.05. The van der Waals surface area contributed by atoms with E-state index in [1.54, 1.807) is 37.3 Å². The molecule has 2 unspecified atom stereocenters. The molecule has 3 N–H and O–H groups in total. The van der Waals surface area contributed by atoms with Gasteiger partial charge in [0.05, 0.1) is 0 Å². The van der Waals surface area contributed by atoms with Gasteiger partial charge in [0.2, 0.25) is 0 Å². The highest BCUT2D eigenvalue weighted by Gasteiger charge is 2.41. The lowest BCUT2D eigenvalue weighted by molar-refractivity contribution is -0.146. The Labute approximate surface area is 94.1 Å². The van der Waals surface area contributed by atoms with E-state index in [0.717, 1.165) is 0 Å². The van der Waals surface area contributed by atoms with E-state index < -0.39 is 17.4 Å². The van der Waals surface area contributed by atoms with Crippen LogP contribution in [0.5, 0.6) is 0 Å². The standard InChI is InChI=1S/C12H15NO3/c1-9(7-8-14)12(13,11(15)16)10-5-3-2-4-6-10/h2-6,8-9H,7,13H2,1H3,(H,15,16). The number of carboxylic acid groups (broad SMARTS) is 1. The summed E-state index contributed by atoms with van der Waals surface area (Å²) >= 11 is 0. The Kier molecular flexibility index (Phi) is 3.79. The average Bonchev–Trinajstić information content (AvgIpc) is 2.29. The first kappa shape index (κ1) is 12.4. The number of carboxylic acids is 1. The van der Waals surface area contributed by atoms with E-state index in [4.69, 9.17) is 5.73 Å². The molecule has 1 aromatic rings. The molecule has 0 aliphatic carbocycles. The molecule has 0 aliphatic heterocycles. The summed E-state index contributed by atoms with van der Waals surface area (Å²) in [5, 5.41) is 9.24. The summed E-state index contributed by atoms with van der Waals surface area (Å²) in [6, 6.07) is 8.57. The molecular weight excluding hydrogens is 206 g/mol. The van der Waals surface area contributed by atoms with Gasteiger partial charge in [0, 0.05) is 6.42 Å². The minimum absolute atomic E-state index is 0.123. The number of hydrogen-bond acceptors (Lipinski definition) is 3. The normalized spacial score (nSPS) is 16.1. The highest BCUT2D eigenvalue weighted by molar-refractivity contribution is 5.81. The van der Waals surface area contributed by atoms with Crippen molar-refractivity contribution in [1.82, 2.24) is 0 Å². The van der Waals surface area contributed by atoms with E-state index in [1.165, 1.54) is 0 Å². The van der Waals surface area contributed by atoms with Crippen LogP contribution in [0.1, 0.15) is 18.9 Å². The Balaban J connectivity index is 3.16. The van der Waals surface area contributed by atoms with E-state index >= 15 is 0 Å². The van der Waals surface area contributed by atoms with Crippen molar-refractivity contribution in [2.75, 3.05) is 0 Å². The molecule has 0 saturated carbocycles. The molecule has 4 heteroatoms. The van der Waals surface area contributed by atoms with Crippen LogP contribution in [-0.4, -0.2) is 17.4 Å². The second-order valence-corrected chi connectivity index (χ2v) is 3.84. The van der Waals surface area contributed by atoms with Gasteiger partial charge in [-0.1, -0.05) is 37.3 Å². The molecule has 0 bridgehead atoms. The van der Waals surface area contributed by atoms with Gasteiger partial charge in [-0.25, -0.2) is 4.79 Å². The van der Waals surface area contributed by atoms with Crippen LogP contribution in [0.2, 0.25) is 0 Å². The zero-order valence-electron chi connectivity index (χ0n) is 9.09. The Hall–Kier alpha value is -1.68. The van der Waals surface area contributed by atoms with E-state index in [0.29, 0.717) is 11.8 Å². The minimum atomic E-state index is -1.51. The number of carbonyl (C=O) groups is 2. The van der Waals surface area contributed by atoms with Gasteiger partial charge in [-0.2, -0.15) is 0 Å². The molecule has 0 saturated heterocycles. The van der Waals surface area contributed by atoms with Gasteiger partial charge in [-0.3, -0.25) is 0 Å². The van der Waals surface area contributed by atoms with Gasteiger partial charge >= 0.3 is 5.97 Å². The van der Waals surface area contributed by atoms with Crippen molar-refractivity contribution in [2.45, 2.75) is 18.9 Å². The third-order valence-electron chi connectivity index (χ3n) is 2.83. The predicted molar refractivity (Wildman–Crippen MR) is 59.8 cm³/mol. The largest absolute Gasteiger partial charge is 0.480 e. The third kappa shape index (κ3) is 2.12. The maximum Gasteiger partial charge on any atom is 0.328 e. The Morgan fingerprint density at radius 3 is 2.50 bits per heavy atom. The van der Waals surface area contributed by atoms with Crippen molar-refractivity contribution in [3.8, 4) is 0 Å². The van der Waals surface area contributed by atoms with Gasteiger partial charge in [0.25, 0.3) is 0 Å². The van der Waals surface area contributed by atoms with Crippen LogP contribution in [0.15, 0.2) is 30.3 Å². The monoisotopic (exact) mass is 221 g/mol. The summed E-state index contributed by atoms with van der Waals surface area (Å²) in [7, 11) is 0. The summed E-state index contributed by atoms with van der Waals surface area (Å²) < 4.78 is 0. The predicted octanol–water partition coefficient (Wildman–Crippen LogP) is 1.15. The summed E-state index contributed by atoms with van der Waals surface area (Å²) in [5.41, 5.74) is 4.93. The molecule has 0 aromatic heterocycles. The number of benzene rings is 1. The minimum Gasteiger partial charge on any atom is -0.480 e. The SMILES string of the molecule is CC(CC=O)C(N)(C(=O)O)c1ccccc1. The zero-order chi connectivity index (χ0) is 12.2. The molecule has 86 valence electrons. The van der Waals surface area contributed by atoms with E-state index in [9.17, 15) is 14.7 Å². The van der Waals surface area contributed by atoms with Gasteiger partial charge in [-0.05, 0) is 11.5 Å². The van der Waals surface area contributed by atoms with E-state index in [2.05, 4.69) is 0 Å². The molecule has 0 radical (unpaired) electrons. The smallest absolute Gasteiger partial charge is 0.328 e. The first-order chi connectivity index (χ1) is 7.53. The zero-order valence-corrected chi connectivity index (χ0v) is 9.09.